The molecule has 8 nitrogen and oxygen atoms in total. The molecular weight excluding hydrogens is 354 g/mol. The Labute approximate surface area is 162 Å². The van der Waals surface area contributed by atoms with Gasteiger partial charge in [-0.3, -0.25) is 9.89 Å². The zero-order chi connectivity index (χ0) is 19.5. The number of aromatic amines is 1. The lowest BCUT2D eigenvalue weighted by atomic mass is 9.95. The number of rotatable bonds is 3. The van der Waals surface area contributed by atoms with Gasteiger partial charge in [0.25, 0.3) is 5.91 Å². The maximum Gasteiger partial charge on any atom is 0.253 e. The van der Waals surface area contributed by atoms with Gasteiger partial charge in [-0.05, 0) is 37.1 Å². The molecule has 1 amide bonds. The van der Waals surface area contributed by atoms with Crippen molar-refractivity contribution < 1.29 is 4.79 Å². The van der Waals surface area contributed by atoms with Gasteiger partial charge < -0.3 is 10.6 Å². The number of carbonyl (C=O) groups is 1. The first kappa shape index (κ1) is 17.7. The predicted molar refractivity (Wildman–Crippen MR) is 103 cm³/mol. The van der Waals surface area contributed by atoms with Crippen LogP contribution in [0.5, 0.6) is 0 Å². The molecule has 2 aromatic heterocycles. The lowest BCUT2D eigenvalue weighted by Gasteiger charge is -2.31. The zero-order valence-corrected chi connectivity index (χ0v) is 15.2. The molecular formula is C20H19N7O. The van der Waals surface area contributed by atoms with E-state index in [-0.39, 0.29) is 17.8 Å². The van der Waals surface area contributed by atoms with E-state index in [1.165, 1.54) is 0 Å². The van der Waals surface area contributed by atoms with E-state index >= 15 is 0 Å². The highest BCUT2D eigenvalue weighted by atomic mass is 16.2. The molecule has 0 spiro atoms. The molecule has 1 fully saturated rings. The fraction of sp³-hybridized carbons (Fsp3) is 0.250. The first-order valence-corrected chi connectivity index (χ1v) is 9.08. The summed E-state index contributed by atoms with van der Waals surface area (Å²) in [5, 5.41) is 15.8. The minimum absolute atomic E-state index is 0.00572. The molecule has 3 N–H and O–H groups in total. The molecule has 140 valence electrons. The van der Waals surface area contributed by atoms with Gasteiger partial charge in [0.1, 0.15) is 17.6 Å². The summed E-state index contributed by atoms with van der Waals surface area (Å²) in [6.07, 6.45) is 1.62. The highest BCUT2D eigenvalue weighted by Gasteiger charge is 2.26. The number of nitrogens with zero attached hydrogens (tertiary/aromatic N) is 5. The van der Waals surface area contributed by atoms with Crippen LogP contribution < -0.4 is 5.73 Å². The van der Waals surface area contributed by atoms with E-state index < -0.39 is 0 Å². The molecule has 1 aliphatic rings. The average molecular weight is 373 g/mol. The van der Waals surface area contributed by atoms with Crippen molar-refractivity contribution in [2.24, 2.45) is 0 Å². The first-order chi connectivity index (χ1) is 13.6. The van der Waals surface area contributed by atoms with Gasteiger partial charge in [0.2, 0.25) is 5.95 Å². The van der Waals surface area contributed by atoms with Gasteiger partial charge in [-0.15, -0.1) is 5.10 Å². The van der Waals surface area contributed by atoms with Gasteiger partial charge in [-0.1, -0.05) is 18.2 Å². The van der Waals surface area contributed by atoms with Crippen molar-refractivity contribution in [3.05, 3.63) is 59.5 Å². The van der Waals surface area contributed by atoms with Crippen LogP contribution in [-0.2, 0) is 0 Å². The third kappa shape index (κ3) is 3.55. The molecule has 1 aromatic carbocycles. The normalized spacial score (nSPS) is 14.6. The second kappa shape index (κ2) is 7.48. The summed E-state index contributed by atoms with van der Waals surface area (Å²) < 4.78 is 0. The SMILES string of the molecule is N#Cc1cccc(-c2cccc(C(=O)N3CCC(c4nc(N)n[nH]4)CC3)c2)n1. The summed E-state index contributed by atoms with van der Waals surface area (Å²) in [7, 11) is 0. The van der Waals surface area contributed by atoms with E-state index in [9.17, 15) is 4.79 Å². The van der Waals surface area contributed by atoms with E-state index in [2.05, 4.69) is 20.2 Å². The van der Waals surface area contributed by atoms with Crippen molar-refractivity contribution in [3.8, 4) is 17.3 Å². The number of piperidine rings is 1. The van der Waals surface area contributed by atoms with E-state index in [1.807, 2.05) is 41.3 Å². The van der Waals surface area contributed by atoms with E-state index in [4.69, 9.17) is 11.0 Å². The van der Waals surface area contributed by atoms with Crippen LogP contribution in [0.2, 0.25) is 0 Å². The summed E-state index contributed by atoms with van der Waals surface area (Å²) in [6.45, 7) is 1.30. The van der Waals surface area contributed by atoms with Crippen LogP contribution >= 0.6 is 0 Å². The average Bonchev–Trinajstić information content (AvgIpc) is 3.20. The lowest BCUT2D eigenvalue weighted by Crippen LogP contribution is -2.38. The molecule has 4 rings (SSSR count). The minimum atomic E-state index is -0.00572. The van der Waals surface area contributed by atoms with Crippen molar-refractivity contribution in [2.75, 3.05) is 18.8 Å². The maximum absolute atomic E-state index is 13.0. The second-order valence-electron chi connectivity index (χ2n) is 6.75. The Morgan fingerprint density at radius 2 is 1.96 bits per heavy atom. The molecule has 8 heteroatoms. The van der Waals surface area contributed by atoms with Crippen molar-refractivity contribution in [2.45, 2.75) is 18.8 Å². The summed E-state index contributed by atoms with van der Waals surface area (Å²) in [6, 6.07) is 14.7. The number of hydrogen-bond acceptors (Lipinski definition) is 6. The zero-order valence-electron chi connectivity index (χ0n) is 15.2. The number of nitrogen functional groups attached to an aromatic ring is 1. The maximum atomic E-state index is 13.0. The van der Waals surface area contributed by atoms with E-state index in [1.54, 1.807) is 12.1 Å². The molecule has 0 atom stereocenters. The van der Waals surface area contributed by atoms with Gasteiger partial charge in [0.15, 0.2) is 0 Å². The number of benzene rings is 1. The summed E-state index contributed by atoms with van der Waals surface area (Å²) in [5.41, 5.74) is 8.03. The molecule has 28 heavy (non-hydrogen) atoms. The third-order valence-electron chi connectivity index (χ3n) is 4.96. The molecule has 0 unspecified atom stereocenters. The molecule has 0 bridgehead atoms. The predicted octanol–water partition coefficient (Wildman–Crippen LogP) is 2.34. The Kier molecular flexibility index (Phi) is 4.72. The molecule has 0 radical (unpaired) electrons. The standard InChI is InChI=1S/C20H19N7O/c21-12-16-5-2-6-17(23-16)14-3-1-4-15(11-14)19(28)27-9-7-13(8-10-27)18-24-20(22)26-25-18/h1-6,11,13H,7-10H2,(H3,22,24,25,26). The van der Waals surface area contributed by atoms with Gasteiger partial charge >= 0.3 is 0 Å². The van der Waals surface area contributed by atoms with Crippen LogP contribution in [0.15, 0.2) is 42.5 Å². The fourth-order valence-corrected chi connectivity index (χ4v) is 3.48. The molecule has 0 aliphatic carbocycles. The Balaban J connectivity index is 1.47. The number of pyridine rings is 1. The van der Waals surface area contributed by atoms with Gasteiger partial charge in [-0.2, -0.15) is 10.2 Å². The number of amides is 1. The number of anilines is 1. The number of nitrogens with two attached hydrogens (primary N) is 1. The molecule has 0 saturated carbocycles. The van der Waals surface area contributed by atoms with Crippen LogP contribution in [0.3, 0.4) is 0 Å². The Bertz CT molecular complexity index is 1040. The van der Waals surface area contributed by atoms with Gasteiger partial charge in [-0.25, -0.2) is 4.98 Å². The largest absolute Gasteiger partial charge is 0.367 e. The van der Waals surface area contributed by atoms with Gasteiger partial charge in [0, 0.05) is 30.1 Å². The lowest BCUT2D eigenvalue weighted by molar-refractivity contribution is 0.0711. The summed E-state index contributed by atoms with van der Waals surface area (Å²) in [4.78, 5) is 23.3. The fourth-order valence-electron chi connectivity index (χ4n) is 3.48. The minimum Gasteiger partial charge on any atom is -0.367 e. The van der Waals surface area contributed by atoms with Crippen molar-refractivity contribution >= 4 is 11.9 Å². The Hall–Kier alpha value is -3.73. The molecule has 1 aliphatic heterocycles. The number of nitriles is 1. The van der Waals surface area contributed by atoms with Crippen molar-refractivity contribution in [1.82, 2.24) is 25.1 Å². The Morgan fingerprint density at radius 1 is 1.18 bits per heavy atom. The molecule has 3 aromatic rings. The monoisotopic (exact) mass is 373 g/mol. The van der Waals surface area contributed by atoms with Crippen LogP contribution in [0.25, 0.3) is 11.3 Å². The Morgan fingerprint density at radius 3 is 2.68 bits per heavy atom. The smallest absolute Gasteiger partial charge is 0.253 e. The van der Waals surface area contributed by atoms with Gasteiger partial charge in [0.05, 0.1) is 5.69 Å². The summed E-state index contributed by atoms with van der Waals surface area (Å²) >= 11 is 0. The van der Waals surface area contributed by atoms with Crippen LogP contribution in [-0.4, -0.2) is 44.1 Å². The number of carbonyl (C=O) groups excluding carboxylic acids is 1. The highest BCUT2D eigenvalue weighted by Crippen LogP contribution is 2.27. The second-order valence-corrected chi connectivity index (χ2v) is 6.75. The van der Waals surface area contributed by atoms with Crippen molar-refractivity contribution in [1.29, 1.82) is 5.26 Å². The van der Waals surface area contributed by atoms with Crippen LogP contribution in [0.1, 0.15) is 40.6 Å². The van der Waals surface area contributed by atoms with Crippen LogP contribution in [0, 0.1) is 11.3 Å². The number of nitrogens with one attached hydrogen (secondary N) is 1. The highest BCUT2D eigenvalue weighted by molar-refractivity contribution is 5.95. The summed E-state index contributed by atoms with van der Waals surface area (Å²) in [5.74, 6) is 1.27. The number of likely N-dealkylation sites (tertiary alicyclic amines) is 1. The van der Waals surface area contributed by atoms with E-state index in [0.717, 1.165) is 24.2 Å². The molecule has 1 saturated heterocycles. The van der Waals surface area contributed by atoms with Crippen molar-refractivity contribution in [3.63, 3.8) is 0 Å². The number of aromatic nitrogens is 4. The molecule has 3 heterocycles. The first-order valence-electron chi connectivity index (χ1n) is 9.08. The third-order valence-corrected chi connectivity index (χ3v) is 4.96. The quantitative estimate of drug-likeness (QED) is 0.726. The number of hydrogen-bond donors (Lipinski definition) is 2. The van der Waals surface area contributed by atoms with Crippen LogP contribution in [0.4, 0.5) is 5.95 Å². The van der Waals surface area contributed by atoms with E-state index in [0.29, 0.717) is 30.0 Å². The number of H-pyrrole nitrogens is 1. The topological polar surface area (TPSA) is 125 Å².